The van der Waals surface area contributed by atoms with E-state index >= 15 is 0 Å². The van der Waals surface area contributed by atoms with Gasteiger partial charge in [0.2, 0.25) is 0 Å². The second kappa shape index (κ2) is 8.78. The first-order chi connectivity index (χ1) is 12.6. The first-order valence-electron chi connectivity index (χ1n) is 9.01. The molecule has 1 aromatic carbocycles. The van der Waals surface area contributed by atoms with Crippen LogP contribution in [0.1, 0.15) is 21.5 Å². The number of para-hydroxylation sites is 1. The molecule has 1 aliphatic heterocycles. The quantitative estimate of drug-likeness (QED) is 0.834. The fraction of sp³-hybridized carbons (Fsp3) is 0.400. The third-order valence-electron chi connectivity index (χ3n) is 4.57. The van der Waals surface area contributed by atoms with Crippen molar-refractivity contribution >= 4 is 17.4 Å². The lowest BCUT2D eigenvalue weighted by atomic mass is 10.1. The van der Waals surface area contributed by atoms with Crippen LogP contribution in [0, 0.1) is 13.8 Å². The van der Waals surface area contributed by atoms with Crippen LogP contribution in [0.15, 0.2) is 36.5 Å². The van der Waals surface area contributed by atoms with Gasteiger partial charge in [-0.15, -0.1) is 0 Å². The second-order valence-corrected chi connectivity index (χ2v) is 6.53. The Balaban J connectivity index is 1.58. The van der Waals surface area contributed by atoms with Crippen LogP contribution in [0.4, 0.5) is 11.5 Å². The molecule has 0 radical (unpaired) electrons. The molecule has 0 bridgehead atoms. The molecular weight excluding hydrogens is 328 g/mol. The third-order valence-corrected chi connectivity index (χ3v) is 4.57. The van der Waals surface area contributed by atoms with Gasteiger partial charge in [-0.1, -0.05) is 18.2 Å². The standard InChI is InChI=1S/C20H26N4O2/c1-15-4-3-5-16(2)19(15)23-18-14-17(6-7-21-18)20(25)22-8-9-24-10-12-26-13-11-24/h3-7,14H,8-13H2,1-2H3,(H,21,23)(H,22,25). The van der Waals surface area contributed by atoms with Crippen molar-refractivity contribution in [2.45, 2.75) is 13.8 Å². The number of anilines is 2. The Morgan fingerprint density at radius 2 is 1.92 bits per heavy atom. The van der Waals surface area contributed by atoms with E-state index in [0.29, 0.717) is 17.9 Å². The maximum Gasteiger partial charge on any atom is 0.251 e. The number of nitrogens with zero attached hydrogens (tertiary/aromatic N) is 2. The van der Waals surface area contributed by atoms with Crippen LogP contribution in [0.25, 0.3) is 0 Å². The normalized spacial score (nSPS) is 14.8. The number of amides is 1. The molecule has 2 heterocycles. The molecule has 2 N–H and O–H groups in total. The van der Waals surface area contributed by atoms with Gasteiger partial charge in [-0.25, -0.2) is 4.98 Å². The van der Waals surface area contributed by atoms with Gasteiger partial charge in [0, 0.05) is 43.6 Å². The lowest BCUT2D eigenvalue weighted by Gasteiger charge is -2.26. The number of rotatable bonds is 6. The summed E-state index contributed by atoms with van der Waals surface area (Å²) in [7, 11) is 0. The molecular formula is C20H26N4O2. The van der Waals surface area contributed by atoms with Crippen LogP contribution in [-0.4, -0.2) is 55.2 Å². The minimum Gasteiger partial charge on any atom is -0.379 e. The minimum absolute atomic E-state index is 0.0785. The van der Waals surface area contributed by atoms with Crippen molar-refractivity contribution < 1.29 is 9.53 Å². The van der Waals surface area contributed by atoms with Gasteiger partial charge in [0.1, 0.15) is 5.82 Å². The highest BCUT2D eigenvalue weighted by atomic mass is 16.5. The summed E-state index contributed by atoms with van der Waals surface area (Å²) < 4.78 is 5.33. The van der Waals surface area contributed by atoms with Crippen molar-refractivity contribution in [1.82, 2.24) is 15.2 Å². The Kier molecular flexibility index (Phi) is 6.20. The number of benzene rings is 1. The molecule has 26 heavy (non-hydrogen) atoms. The predicted molar refractivity (Wildman–Crippen MR) is 103 cm³/mol. The van der Waals surface area contributed by atoms with Crippen LogP contribution in [0.5, 0.6) is 0 Å². The summed E-state index contributed by atoms with van der Waals surface area (Å²) >= 11 is 0. The fourth-order valence-electron chi connectivity index (χ4n) is 3.03. The Morgan fingerprint density at radius 3 is 2.65 bits per heavy atom. The lowest BCUT2D eigenvalue weighted by Crippen LogP contribution is -2.41. The second-order valence-electron chi connectivity index (χ2n) is 6.53. The summed E-state index contributed by atoms with van der Waals surface area (Å²) in [6, 6.07) is 9.66. The minimum atomic E-state index is -0.0785. The number of hydrogen-bond acceptors (Lipinski definition) is 5. The van der Waals surface area contributed by atoms with Gasteiger partial charge >= 0.3 is 0 Å². The summed E-state index contributed by atoms with van der Waals surface area (Å²) in [5, 5.41) is 6.31. The van der Waals surface area contributed by atoms with Crippen molar-refractivity contribution in [2.24, 2.45) is 0 Å². The van der Waals surface area contributed by atoms with E-state index in [1.165, 1.54) is 0 Å². The van der Waals surface area contributed by atoms with Crippen LogP contribution >= 0.6 is 0 Å². The van der Waals surface area contributed by atoms with Gasteiger partial charge in [-0.3, -0.25) is 9.69 Å². The highest BCUT2D eigenvalue weighted by Crippen LogP contribution is 2.23. The highest BCUT2D eigenvalue weighted by molar-refractivity contribution is 5.94. The Hall–Kier alpha value is -2.44. The Bertz CT molecular complexity index is 737. The van der Waals surface area contributed by atoms with Crippen LogP contribution in [0.3, 0.4) is 0 Å². The molecule has 6 nitrogen and oxygen atoms in total. The van der Waals surface area contributed by atoms with Crippen molar-refractivity contribution in [2.75, 3.05) is 44.7 Å². The van der Waals surface area contributed by atoms with E-state index in [2.05, 4.69) is 46.5 Å². The third kappa shape index (κ3) is 4.80. The number of pyridine rings is 1. The molecule has 138 valence electrons. The molecule has 1 saturated heterocycles. The van der Waals surface area contributed by atoms with Crippen molar-refractivity contribution in [3.05, 3.63) is 53.2 Å². The molecule has 0 atom stereocenters. The first-order valence-corrected chi connectivity index (χ1v) is 9.01. The van der Waals surface area contributed by atoms with E-state index in [0.717, 1.165) is 49.7 Å². The zero-order chi connectivity index (χ0) is 18.4. The van der Waals surface area contributed by atoms with Gasteiger partial charge in [-0.05, 0) is 37.1 Å². The van der Waals surface area contributed by atoms with Crippen LogP contribution in [0.2, 0.25) is 0 Å². The number of hydrogen-bond donors (Lipinski definition) is 2. The predicted octanol–water partition coefficient (Wildman–Crippen LogP) is 2.50. The first kappa shape index (κ1) is 18.4. The average Bonchev–Trinajstić information content (AvgIpc) is 2.66. The van der Waals surface area contributed by atoms with E-state index in [1.54, 1.807) is 18.3 Å². The van der Waals surface area contributed by atoms with Crippen molar-refractivity contribution in [1.29, 1.82) is 0 Å². The largest absolute Gasteiger partial charge is 0.379 e. The highest BCUT2D eigenvalue weighted by Gasteiger charge is 2.12. The van der Waals surface area contributed by atoms with Gasteiger partial charge in [0.25, 0.3) is 5.91 Å². The van der Waals surface area contributed by atoms with Gasteiger partial charge in [0.05, 0.1) is 13.2 Å². The zero-order valence-corrected chi connectivity index (χ0v) is 15.4. The number of carbonyl (C=O) groups excluding carboxylic acids is 1. The maximum absolute atomic E-state index is 12.4. The average molecular weight is 354 g/mol. The molecule has 1 aliphatic rings. The molecule has 0 saturated carbocycles. The van der Waals surface area contributed by atoms with Gasteiger partial charge in [0.15, 0.2) is 0 Å². The summed E-state index contributed by atoms with van der Waals surface area (Å²) in [4.78, 5) is 19.1. The topological polar surface area (TPSA) is 66.5 Å². The maximum atomic E-state index is 12.4. The summed E-state index contributed by atoms with van der Waals surface area (Å²) in [5.41, 5.74) is 3.93. The van der Waals surface area contributed by atoms with E-state index in [9.17, 15) is 4.79 Å². The molecule has 1 fully saturated rings. The lowest BCUT2D eigenvalue weighted by molar-refractivity contribution is 0.0383. The number of nitrogens with one attached hydrogen (secondary N) is 2. The summed E-state index contributed by atoms with van der Waals surface area (Å²) in [6.45, 7) is 8.96. The van der Waals surface area contributed by atoms with Gasteiger partial charge < -0.3 is 15.4 Å². The van der Waals surface area contributed by atoms with E-state index in [1.807, 2.05) is 6.07 Å². The molecule has 2 aromatic rings. The fourth-order valence-corrected chi connectivity index (χ4v) is 3.03. The summed E-state index contributed by atoms with van der Waals surface area (Å²) in [5.74, 6) is 0.591. The van der Waals surface area contributed by atoms with Crippen LogP contribution < -0.4 is 10.6 Å². The molecule has 1 aromatic heterocycles. The van der Waals surface area contributed by atoms with E-state index < -0.39 is 0 Å². The molecule has 0 unspecified atom stereocenters. The molecule has 3 rings (SSSR count). The number of aryl methyl sites for hydroxylation is 2. The molecule has 0 aliphatic carbocycles. The van der Waals surface area contributed by atoms with E-state index in [-0.39, 0.29) is 5.91 Å². The molecule has 1 amide bonds. The number of ether oxygens (including phenoxy) is 1. The van der Waals surface area contributed by atoms with Crippen molar-refractivity contribution in [3.63, 3.8) is 0 Å². The summed E-state index contributed by atoms with van der Waals surface area (Å²) in [6.07, 6.45) is 1.66. The monoisotopic (exact) mass is 354 g/mol. The van der Waals surface area contributed by atoms with Crippen LogP contribution in [-0.2, 0) is 4.74 Å². The van der Waals surface area contributed by atoms with E-state index in [4.69, 9.17) is 4.74 Å². The number of morpholine rings is 1. The number of carbonyl (C=O) groups is 1. The smallest absolute Gasteiger partial charge is 0.251 e. The zero-order valence-electron chi connectivity index (χ0n) is 15.4. The molecule has 6 heteroatoms. The van der Waals surface area contributed by atoms with Gasteiger partial charge in [-0.2, -0.15) is 0 Å². The molecule has 0 spiro atoms. The van der Waals surface area contributed by atoms with Crippen molar-refractivity contribution in [3.8, 4) is 0 Å². The Morgan fingerprint density at radius 1 is 1.19 bits per heavy atom. The Labute approximate surface area is 154 Å². The number of aromatic nitrogens is 1. The SMILES string of the molecule is Cc1cccc(C)c1Nc1cc(C(=O)NCCN2CCOCC2)ccn1.